The second-order valence-electron chi connectivity index (χ2n) is 7.01. The van der Waals surface area contributed by atoms with Gasteiger partial charge in [-0.15, -0.1) is 0 Å². The number of amides is 2. The van der Waals surface area contributed by atoms with Crippen molar-refractivity contribution >= 4 is 11.8 Å². The van der Waals surface area contributed by atoms with Crippen molar-refractivity contribution in [3.05, 3.63) is 24.5 Å². The SMILES string of the molecule is O=C(C1CC(=O)N(C2CC2)C1)N1CCC(Oc2cccnc2)CC1. The Kier molecular flexibility index (Phi) is 4.12. The molecule has 1 aromatic heterocycles. The predicted octanol–water partition coefficient (Wildman–Crippen LogP) is 1.46. The highest BCUT2D eigenvalue weighted by Crippen LogP contribution is 2.33. The zero-order valence-corrected chi connectivity index (χ0v) is 13.8. The summed E-state index contributed by atoms with van der Waals surface area (Å²) in [5, 5.41) is 0. The summed E-state index contributed by atoms with van der Waals surface area (Å²) in [5.41, 5.74) is 0. The van der Waals surface area contributed by atoms with Gasteiger partial charge in [-0.05, 0) is 25.0 Å². The number of nitrogens with zero attached hydrogens (tertiary/aromatic N) is 3. The number of aromatic nitrogens is 1. The van der Waals surface area contributed by atoms with Crippen LogP contribution in [0.15, 0.2) is 24.5 Å². The lowest BCUT2D eigenvalue weighted by molar-refractivity contribution is -0.137. The lowest BCUT2D eigenvalue weighted by atomic mass is 10.0. The van der Waals surface area contributed by atoms with Gasteiger partial charge in [0, 0.05) is 51.1 Å². The van der Waals surface area contributed by atoms with Gasteiger partial charge in [-0.3, -0.25) is 14.6 Å². The molecule has 1 atom stereocenters. The number of carbonyl (C=O) groups excluding carboxylic acids is 2. The summed E-state index contributed by atoms with van der Waals surface area (Å²) in [6.07, 6.45) is 7.82. The van der Waals surface area contributed by atoms with Crippen LogP contribution in [0.1, 0.15) is 32.1 Å². The van der Waals surface area contributed by atoms with Gasteiger partial charge in [0.05, 0.1) is 12.1 Å². The fourth-order valence-electron chi connectivity index (χ4n) is 3.70. The number of ether oxygens (including phenoxy) is 1. The highest BCUT2D eigenvalue weighted by molar-refractivity contribution is 5.89. The monoisotopic (exact) mass is 329 g/mol. The maximum atomic E-state index is 12.7. The Morgan fingerprint density at radius 3 is 2.67 bits per heavy atom. The molecule has 1 aromatic rings. The smallest absolute Gasteiger partial charge is 0.227 e. The lowest BCUT2D eigenvalue weighted by Gasteiger charge is -2.33. The van der Waals surface area contributed by atoms with E-state index in [2.05, 4.69) is 4.98 Å². The number of piperidine rings is 1. The maximum Gasteiger partial charge on any atom is 0.227 e. The fraction of sp³-hybridized carbons (Fsp3) is 0.611. The van der Waals surface area contributed by atoms with E-state index in [1.54, 1.807) is 12.4 Å². The van der Waals surface area contributed by atoms with Gasteiger partial charge < -0.3 is 14.5 Å². The van der Waals surface area contributed by atoms with Crippen LogP contribution >= 0.6 is 0 Å². The summed E-state index contributed by atoms with van der Waals surface area (Å²) >= 11 is 0. The van der Waals surface area contributed by atoms with Gasteiger partial charge in [-0.1, -0.05) is 0 Å². The first-order valence-corrected chi connectivity index (χ1v) is 8.85. The Bertz CT molecular complexity index is 609. The first-order chi connectivity index (χ1) is 11.7. The Morgan fingerprint density at radius 1 is 1.21 bits per heavy atom. The van der Waals surface area contributed by atoms with E-state index in [0.29, 0.717) is 32.1 Å². The molecule has 6 nitrogen and oxygen atoms in total. The largest absolute Gasteiger partial charge is 0.489 e. The highest BCUT2D eigenvalue weighted by Gasteiger charge is 2.43. The molecule has 24 heavy (non-hydrogen) atoms. The summed E-state index contributed by atoms with van der Waals surface area (Å²) in [7, 11) is 0. The number of likely N-dealkylation sites (tertiary alicyclic amines) is 2. The van der Waals surface area contributed by atoms with Gasteiger partial charge in [0.1, 0.15) is 11.9 Å². The van der Waals surface area contributed by atoms with Gasteiger partial charge in [0.15, 0.2) is 0 Å². The molecule has 1 unspecified atom stereocenters. The van der Waals surface area contributed by atoms with Crippen molar-refractivity contribution in [3.8, 4) is 5.75 Å². The topological polar surface area (TPSA) is 62.7 Å². The second kappa shape index (κ2) is 6.42. The molecule has 3 heterocycles. The molecular weight excluding hydrogens is 306 g/mol. The van der Waals surface area contributed by atoms with E-state index < -0.39 is 0 Å². The molecule has 0 bridgehead atoms. The summed E-state index contributed by atoms with van der Waals surface area (Å²) < 4.78 is 5.92. The maximum absolute atomic E-state index is 12.7. The third kappa shape index (κ3) is 3.23. The number of hydrogen-bond acceptors (Lipinski definition) is 4. The van der Waals surface area contributed by atoms with Crippen LogP contribution in [-0.2, 0) is 9.59 Å². The average Bonchev–Trinajstić information content (AvgIpc) is 3.38. The minimum absolute atomic E-state index is 0.131. The van der Waals surface area contributed by atoms with E-state index in [0.717, 1.165) is 31.4 Å². The Morgan fingerprint density at radius 2 is 2.00 bits per heavy atom. The van der Waals surface area contributed by atoms with E-state index in [4.69, 9.17) is 4.74 Å². The summed E-state index contributed by atoms with van der Waals surface area (Å²) in [4.78, 5) is 32.6. The van der Waals surface area contributed by atoms with Gasteiger partial charge in [-0.2, -0.15) is 0 Å². The average molecular weight is 329 g/mol. The van der Waals surface area contributed by atoms with Gasteiger partial charge in [-0.25, -0.2) is 0 Å². The minimum Gasteiger partial charge on any atom is -0.489 e. The molecule has 1 saturated carbocycles. The molecule has 128 valence electrons. The van der Waals surface area contributed by atoms with Crippen molar-refractivity contribution in [2.75, 3.05) is 19.6 Å². The first kappa shape index (κ1) is 15.4. The van der Waals surface area contributed by atoms with Crippen LogP contribution in [0, 0.1) is 5.92 Å². The zero-order valence-electron chi connectivity index (χ0n) is 13.8. The van der Waals surface area contributed by atoms with Crippen LogP contribution in [0.3, 0.4) is 0 Å². The fourth-order valence-corrected chi connectivity index (χ4v) is 3.70. The standard InChI is InChI=1S/C18H23N3O3/c22-17-10-13(12-21(17)14-3-4-14)18(23)20-8-5-15(6-9-20)24-16-2-1-7-19-11-16/h1-2,7,11,13-15H,3-6,8-10,12H2. The van der Waals surface area contributed by atoms with Crippen LogP contribution in [0.4, 0.5) is 0 Å². The van der Waals surface area contributed by atoms with Crippen LogP contribution in [0.2, 0.25) is 0 Å². The van der Waals surface area contributed by atoms with Gasteiger partial charge in [0.2, 0.25) is 11.8 Å². The van der Waals surface area contributed by atoms with E-state index >= 15 is 0 Å². The molecule has 3 aliphatic rings. The molecule has 2 saturated heterocycles. The molecule has 2 amide bonds. The predicted molar refractivity (Wildman–Crippen MR) is 87.3 cm³/mol. The van der Waals surface area contributed by atoms with E-state index in [9.17, 15) is 9.59 Å². The Labute approximate surface area is 141 Å². The normalized spacial score (nSPS) is 25.2. The van der Waals surface area contributed by atoms with E-state index in [1.165, 1.54) is 0 Å². The van der Waals surface area contributed by atoms with E-state index in [1.807, 2.05) is 21.9 Å². The van der Waals surface area contributed by atoms with Gasteiger partial charge >= 0.3 is 0 Å². The summed E-state index contributed by atoms with van der Waals surface area (Å²) in [6, 6.07) is 4.17. The molecule has 2 aliphatic heterocycles. The number of rotatable bonds is 4. The summed E-state index contributed by atoms with van der Waals surface area (Å²) in [5.74, 6) is 0.939. The molecule has 6 heteroatoms. The van der Waals surface area contributed by atoms with Crippen molar-refractivity contribution in [3.63, 3.8) is 0 Å². The number of pyridine rings is 1. The zero-order chi connectivity index (χ0) is 16.5. The summed E-state index contributed by atoms with van der Waals surface area (Å²) in [6.45, 7) is 2.03. The second-order valence-corrected chi connectivity index (χ2v) is 7.01. The van der Waals surface area contributed by atoms with Crippen LogP contribution < -0.4 is 4.74 Å². The third-order valence-corrected chi connectivity index (χ3v) is 5.19. The molecule has 0 N–H and O–H groups in total. The van der Waals surface area contributed by atoms with Crippen molar-refractivity contribution in [2.24, 2.45) is 5.92 Å². The molecule has 4 rings (SSSR count). The van der Waals surface area contributed by atoms with Crippen molar-refractivity contribution in [1.29, 1.82) is 0 Å². The quantitative estimate of drug-likeness (QED) is 0.839. The van der Waals surface area contributed by atoms with Crippen molar-refractivity contribution in [2.45, 2.75) is 44.2 Å². The highest BCUT2D eigenvalue weighted by atomic mass is 16.5. The van der Waals surface area contributed by atoms with E-state index in [-0.39, 0.29) is 23.8 Å². The Hall–Kier alpha value is -2.11. The molecule has 0 radical (unpaired) electrons. The molecule has 3 fully saturated rings. The third-order valence-electron chi connectivity index (χ3n) is 5.19. The minimum atomic E-state index is -0.145. The van der Waals surface area contributed by atoms with Crippen molar-refractivity contribution in [1.82, 2.24) is 14.8 Å². The molecule has 0 spiro atoms. The molecular formula is C18H23N3O3. The number of hydrogen-bond donors (Lipinski definition) is 0. The molecule has 0 aromatic carbocycles. The number of carbonyl (C=O) groups is 2. The van der Waals surface area contributed by atoms with Crippen LogP contribution in [0.5, 0.6) is 5.75 Å². The molecule has 1 aliphatic carbocycles. The van der Waals surface area contributed by atoms with Crippen molar-refractivity contribution < 1.29 is 14.3 Å². The van der Waals surface area contributed by atoms with Gasteiger partial charge in [0.25, 0.3) is 0 Å². The first-order valence-electron chi connectivity index (χ1n) is 8.85. The Balaban J connectivity index is 1.28. The van der Waals surface area contributed by atoms with Crippen LogP contribution in [-0.4, -0.2) is 58.4 Å². The lowest BCUT2D eigenvalue weighted by Crippen LogP contribution is -2.45. The van der Waals surface area contributed by atoms with Crippen LogP contribution in [0.25, 0.3) is 0 Å².